The Hall–Kier alpha value is -0.975. The van der Waals surface area contributed by atoms with Crippen molar-refractivity contribution in [2.24, 2.45) is 0 Å². The third kappa shape index (κ3) is 3.50. The van der Waals surface area contributed by atoms with Crippen LogP contribution in [0.25, 0.3) is 6.08 Å². The Morgan fingerprint density at radius 2 is 1.85 bits per heavy atom. The normalized spacial score (nSPS) is 9.85. The number of unbranched alkanes of at least 4 members (excludes halogenated alkanes) is 1. The molecule has 0 saturated carbocycles. The third-order valence-electron chi connectivity index (χ3n) is 2.28. The SMILES string of the molecule is BCCCCc1ccc(C=C)cc1. The highest BCUT2D eigenvalue weighted by molar-refractivity contribution is 6.08. The molecular formula is C12H17B. The largest absolute Gasteiger partial charge is 0.101 e. The van der Waals surface area contributed by atoms with Gasteiger partial charge < -0.3 is 0 Å². The predicted molar refractivity (Wildman–Crippen MR) is 62.8 cm³/mol. The summed E-state index contributed by atoms with van der Waals surface area (Å²) < 4.78 is 0. The molecule has 0 bridgehead atoms. The molecule has 0 aromatic heterocycles. The lowest BCUT2D eigenvalue weighted by molar-refractivity contribution is 0.794. The van der Waals surface area contributed by atoms with Gasteiger partial charge in [0.05, 0.1) is 0 Å². The molecule has 0 nitrogen and oxygen atoms in total. The van der Waals surface area contributed by atoms with Gasteiger partial charge in [-0.05, 0) is 24.0 Å². The zero-order chi connectivity index (χ0) is 9.52. The average molecular weight is 172 g/mol. The van der Waals surface area contributed by atoms with Gasteiger partial charge in [0, 0.05) is 0 Å². The van der Waals surface area contributed by atoms with Crippen molar-refractivity contribution in [2.45, 2.75) is 25.6 Å². The Balaban J connectivity index is 2.44. The van der Waals surface area contributed by atoms with Gasteiger partial charge in [0.1, 0.15) is 7.85 Å². The van der Waals surface area contributed by atoms with Crippen LogP contribution in [0.5, 0.6) is 0 Å². The molecule has 0 heterocycles. The number of aryl methyl sites for hydroxylation is 1. The van der Waals surface area contributed by atoms with Crippen molar-refractivity contribution in [2.75, 3.05) is 0 Å². The van der Waals surface area contributed by atoms with Crippen LogP contribution >= 0.6 is 0 Å². The van der Waals surface area contributed by atoms with E-state index in [-0.39, 0.29) is 0 Å². The summed E-state index contributed by atoms with van der Waals surface area (Å²) in [4.78, 5) is 0. The van der Waals surface area contributed by atoms with Crippen molar-refractivity contribution >= 4 is 13.9 Å². The maximum atomic E-state index is 3.74. The maximum absolute atomic E-state index is 3.74. The van der Waals surface area contributed by atoms with E-state index in [1.165, 1.54) is 36.7 Å². The van der Waals surface area contributed by atoms with Gasteiger partial charge in [-0.1, -0.05) is 49.7 Å². The van der Waals surface area contributed by atoms with E-state index in [0.717, 1.165) is 0 Å². The summed E-state index contributed by atoms with van der Waals surface area (Å²) in [5, 5.41) is 0. The highest BCUT2D eigenvalue weighted by Gasteiger charge is 1.92. The molecule has 1 aromatic rings. The van der Waals surface area contributed by atoms with E-state index >= 15 is 0 Å². The van der Waals surface area contributed by atoms with Gasteiger partial charge in [0.2, 0.25) is 0 Å². The van der Waals surface area contributed by atoms with Crippen molar-refractivity contribution < 1.29 is 0 Å². The Kier molecular flexibility index (Phi) is 4.38. The highest BCUT2D eigenvalue weighted by atomic mass is 14.0. The second-order valence-corrected chi connectivity index (χ2v) is 3.40. The third-order valence-corrected chi connectivity index (χ3v) is 2.28. The first kappa shape index (κ1) is 10.1. The van der Waals surface area contributed by atoms with Crippen LogP contribution < -0.4 is 0 Å². The molecule has 0 radical (unpaired) electrons. The molecule has 1 aromatic carbocycles. The second-order valence-electron chi connectivity index (χ2n) is 3.40. The zero-order valence-electron chi connectivity index (χ0n) is 8.42. The minimum atomic E-state index is 1.21. The minimum Gasteiger partial charge on any atom is -0.0985 e. The molecule has 0 aliphatic rings. The molecular weight excluding hydrogens is 155 g/mol. The molecule has 0 amide bonds. The van der Waals surface area contributed by atoms with E-state index in [1.807, 2.05) is 6.08 Å². The molecule has 13 heavy (non-hydrogen) atoms. The van der Waals surface area contributed by atoms with E-state index in [4.69, 9.17) is 0 Å². The first-order valence-corrected chi connectivity index (χ1v) is 5.08. The Bertz CT molecular complexity index is 248. The first-order valence-electron chi connectivity index (χ1n) is 5.08. The smallest absolute Gasteiger partial charge is 0.0985 e. The van der Waals surface area contributed by atoms with E-state index < -0.39 is 0 Å². The lowest BCUT2D eigenvalue weighted by atomic mass is 9.97. The Morgan fingerprint density at radius 1 is 1.15 bits per heavy atom. The fourth-order valence-corrected chi connectivity index (χ4v) is 1.40. The summed E-state index contributed by atoms with van der Waals surface area (Å²) in [5.74, 6) is 0. The van der Waals surface area contributed by atoms with Gasteiger partial charge in [-0.3, -0.25) is 0 Å². The van der Waals surface area contributed by atoms with Crippen LogP contribution in [0.2, 0.25) is 6.32 Å². The lowest BCUT2D eigenvalue weighted by Crippen LogP contribution is -1.85. The van der Waals surface area contributed by atoms with Crippen LogP contribution in [0.15, 0.2) is 30.8 Å². The summed E-state index contributed by atoms with van der Waals surface area (Å²) in [6.45, 7) is 3.74. The minimum absolute atomic E-state index is 1.21. The molecule has 0 atom stereocenters. The lowest BCUT2D eigenvalue weighted by Gasteiger charge is -2.00. The molecule has 0 unspecified atom stereocenters. The molecule has 68 valence electrons. The molecule has 1 rings (SSSR count). The van der Waals surface area contributed by atoms with Crippen LogP contribution in [0.1, 0.15) is 24.0 Å². The van der Waals surface area contributed by atoms with E-state index in [2.05, 4.69) is 38.7 Å². The average Bonchev–Trinajstić information content (AvgIpc) is 2.19. The van der Waals surface area contributed by atoms with Gasteiger partial charge in [0.15, 0.2) is 0 Å². The molecule has 0 aliphatic heterocycles. The second kappa shape index (κ2) is 5.63. The van der Waals surface area contributed by atoms with E-state index in [0.29, 0.717) is 0 Å². The summed E-state index contributed by atoms with van der Waals surface area (Å²) in [6.07, 6.45) is 7.04. The predicted octanol–water partition coefficient (Wildman–Crippen LogP) is 2.70. The summed E-state index contributed by atoms with van der Waals surface area (Å²) >= 11 is 0. The van der Waals surface area contributed by atoms with Gasteiger partial charge in [-0.15, -0.1) is 0 Å². The molecule has 0 fully saturated rings. The van der Waals surface area contributed by atoms with Crippen LogP contribution in [-0.2, 0) is 6.42 Å². The van der Waals surface area contributed by atoms with Crippen LogP contribution in [-0.4, -0.2) is 7.85 Å². The molecule has 0 aliphatic carbocycles. The summed E-state index contributed by atoms with van der Waals surface area (Å²) in [7, 11) is 2.24. The Labute approximate surface area is 82.1 Å². The van der Waals surface area contributed by atoms with Crippen molar-refractivity contribution in [3.8, 4) is 0 Å². The van der Waals surface area contributed by atoms with Gasteiger partial charge in [0.25, 0.3) is 0 Å². The Morgan fingerprint density at radius 3 is 2.38 bits per heavy atom. The first-order chi connectivity index (χ1) is 6.36. The van der Waals surface area contributed by atoms with Crippen molar-refractivity contribution in [1.29, 1.82) is 0 Å². The maximum Gasteiger partial charge on any atom is 0.101 e. The van der Waals surface area contributed by atoms with Crippen LogP contribution in [0.3, 0.4) is 0 Å². The fraction of sp³-hybridized carbons (Fsp3) is 0.333. The summed E-state index contributed by atoms with van der Waals surface area (Å²) in [6, 6.07) is 8.67. The number of hydrogen-bond donors (Lipinski definition) is 0. The zero-order valence-corrected chi connectivity index (χ0v) is 8.42. The monoisotopic (exact) mass is 172 g/mol. The molecule has 1 heteroatoms. The van der Waals surface area contributed by atoms with Crippen LogP contribution in [0.4, 0.5) is 0 Å². The van der Waals surface area contributed by atoms with Crippen molar-refractivity contribution in [3.63, 3.8) is 0 Å². The molecule has 0 saturated heterocycles. The quantitative estimate of drug-likeness (QED) is 0.473. The van der Waals surface area contributed by atoms with Gasteiger partial charge in [-0.25, -0.2) is 0 Å². The topological polar surface area (TPSA) is 0 Å². The highest BCUT2D eigenvalue weighted by Crippen LogP contribution is 2.09. The number of benzene rings is 1. The fourth-order valence-electron chi connectivity index (χ4n) is 1.40. The molecule has 0 spiro atoms. The van der Waals surface area contributed by atoms with E-state index in [9.17, 15) is 0 Å². The van der Waals surface area contributed by atoms with E-state index in [1.54, 1.807) is 0 Å². The van der Waals surface area contributed by atoms with Gasteiger partial charge in [-0.2, -0.15) is 0 Å². The van der Waals surface area contributed by atoms with Crippen molar-refractivity contribution in [3.05, 3.63) is 42.0 Å². The number of hydrogen-bond acceptors (Lipinski definition) is 0. The van der Waals surface area contributed by atoms with Gasteiger partial charge >= 0.3 is 0 Å². The van der Waals surface area contributed by atoms with Crippen LogP contribution in [0, 0.1) is 0 Å². The number of rotatable bonds is 5. The van der Waals surface area contributed by atoms with Crippen molar-refractivity contribution in [1.82, 2.24) is 0 Å². The standard InChI is InChI=1S/C12H17B/c1-2-11-6-8-12(9-7-11)5-3-4-10-13/h2,6-9H,1,3-5,10,13H2. The summed E-state index contributed by atoms with van der Waals surface area (Å²) in [5.41, 5.74) is 2.65. The molecule has 0 N–H and O–H groups in total.